The molecule has 37 heavy (non-hydrogen) atoms. The predicted molar refractivity (Wildman–Crippen MR) is 132 cm³/mol. The van der Waals surface area contributed by atoms with Crippen LogP contribution in [0.3, 0.4) is 0 Å². The van der Waals surface area contributed by atoms with Crippen LogP contribution in [0.5, 0.6) is 5.75 Å². The van der Waals surface area contributed by atoms with Crippen LogP contribution in [-0.4, -0.2) is 80.8 Å². The summed E-state index contributed by atoms with van der Waals surface area (Å²) in [5.41, 5.74) is 11.3. The summed E-state index contributed by atoms with van der Waals surface area (Å²) in [5, 5.41) is 34.7. The minimum Gasteiger partial charge on any atom is -0.508 e. The summed E-state index contributed by atoms with van der Waals surface area (Å²) in [5.74, 6) is -6.20. The third-order valence-electron chi connectivity index (χ3n) is 5.12. The van der Waals surface area contributed by atoms with Gasteiger partial charge in [0.05, 0.1) is 6.04 Å². The smallest absolute Gasteiger partial charge is 0.327 e. The molecular weight excluding hydrogens is 510 g/mol. The van der Waals surface area contributed by atoms with E-state index in [4.69, 9.17) is 16.6 Å². The monoisotopic (exact) mass is 541 g/mol. The summed E-state index contributed by atoms with van der Waals surface area (Å²) < 4.78 is 0. The molecular formula is C22H31N5O9S. The molecule has 15 heteroatoms. The molecule has 0 aliphatic rings. The third-order valence-corrected chi connectivity index (χ3v) is 5.49. The summed E-state index contributed by atoms with van der Waals surface area (Å²) in [6, 6.07) is 0.334. The molecule has 4 unspecified atom stereocenters. The van der Waals surface area contributed by atoms with Gasteiger partial charge in [-0.2, -0.15) is 12.6 Å². The first-order chi connectivity index (χ1) is 17.3. The number of aromatic hydroxyl groups is 1. The number of nitrogens with two attached hydrogens (primary N) is 2. The minimum atomic E-state index is -1.42. The number of phenols is 1. The van der Waals surface area contributed by atoms with Gasteiger partial charge in [-0.1, -0.05) is 12.1 Å². The van der Waals surface area contributed by atoms with Crippen molar-refractivity contribution in [3.8, 4) is 5.75 Å². The topological polar surface area (TPSA) is 251 Å². The zero-order valence-electron chi connectivity index (χ0n) is 19.8. The normalized spacial score (nSPS) is 13.9. The fraction of sp³-hybridized carbons (Fsp3) is 0.455. The second-order valence-corrected chi connectivity index (χ2v) is 8.48. The fourth-order valence-corrected chi connectivity index (χ4v) is 3.30. The predicted octanol–water partition coefficient (Wildman–Crippen LogP) is -2.14. The van der Waals surface area contributed by atoms with Crippen molar-refractivity contribution in [3.05, 3.63) is 29.8 Å². The van der Waals surface area contributed by atoms with E-state index in [2.05, 4.69) is 28.6 Å². The Kier molecular flexibility index (Phi) is 12.9. The van der Waals surface area contributed by atoms with Crippen LogP contribution < -0.4 is 27.4 Å². The maximum Gasteiger partial charge on any atom is 0.327 e. The highest BCUT2D eigenvalue weighted by Gasteiger charge is 2.30. The highest BCUT2D eigenvalue weighted by Crippen LogP contribution is 2.12. The fourth-order valence-electron chi connectivity index (χ4n) is 3.05. The van der Waals surface area contributed by atoms with Crippen LogP contribution in [0.15, 0.2) is 24.3 Å². The Balaban J connectivity index is 3.12. The summed E-state index contributed by atoms with van der Waals surface area (Å²) in [6.45, 7) is 0. The number of rotatable bonds is 16. The number of hydrogen-bond acceptors (Lipinski definition) is 9. The van der Waals surface area contributed by atoms with Crippen LogP contribution in [0, 0.1) is 0 Å². The second-order valence-electron chi connectivity index (χ2n) is 8.12. The molecule has 0 fully saturated rings. The van der Waals surface area contributed by atoms with Gasteiger partial charge in [0.2, 0.25) is 23.6 Å². The first-order valence-electron chi connectivity index (χ1n) is 11.1. The zero-order valence-corrected chi connectivity index (χ0v) is 20.6. The van der Waals surface area contributed by atoms with Crippen molar-refractivity contribution in [2.75, 3.05) is 5.75 Å². The van der Waals surface area contributed by atoms with Gasteiger partial charge in [0.15, 0.2) is 0 Å². The number of carbonyl (C=O) groups is 6. The van der Waals surface area contributed by atoms with Crippen molar-refractivity contribution < 1.29 is 44.1 Å². The molecule has 0 aromatic heterocycles. The van der Waals surface area contributed by atoms with Gasteiger partial charge in [0, 0.05) is 25.0 Å². The number of carbonyl (C=O) groups excluding carboxylic acids is 4. The number of hydrogen-bond donors (Lipinski definition) is 9. The summed E-state index contributed by atoms with van der Waals surface area (Å²) >= 11 is 3.89. The Morgan fingerprint density at radius 2 is 1.35 bits per heavy atom. The van der Waals surface area contributed by atoms with E-state index in [9.17, 15) is 39.0 Å². The molecule has 1 rings (SSSR count). The van der Waals surface area contributed by atoms with Gasteiger partial charge in [-0.05, 0) is 30.5 Å². The first-order valence-corrected chi connectivity index (χ1v) is 11.8. The first kappa shape index (κ1) is 31.2. The number of amides is 4. The van der Waals surface area contributed by atoms with Crippen molar-refractivity contribution >= 4 is 48.2 Å². The molecule has 4 atom stereocenters. The Bertz CT molecular complexity index is 989. The van der Waals surface area contributed by atoms with E-state index < -0.39 is 66.2 Å². The Hall–Kier alpha value is -3.85. The number of benzene rings is 1. The highest BCUT2D eigenvalue weighted by molar-refractivity contribution is 7.80. The molecule has 0 spiro atoms. The van der Waals surface area contributed by atoms with E-state index in [1.807, 2.05) is 0 Å². The van der Waals surface area contributed by atoms with Gasteiger partial charge in [0.25, 0.3) is 0 Å². The van der Waals surface area contributed by atoms with E-state index in [0.29, 0.717) is 5.56 Å². The molecule has 0 bridgehead atoms. The lowest BCUT2D eigenvalue weighted by Crippen LogP contribution is -2.58. The number of thiol groups is 1. The lowest BCUT2D eigenvalue weighted by molar-refractivity contribution is -0.141. The molecule has 14 nitrogen and oxygen atoms in total. The maximum absolute atomic E-state index is 13.0. The van der Waals surface area contributed by atoms with Crippen LogP contribution in [-0.2, 0) is 35.2 Å². The molecule has 1 aromatic rings. The average Bonchev–Trinajstić information content (AvgIpc) is 2.83. The van der Waals surface area contributed by atoms with Gasteiger partial charge >= 0.3 is 11.9 Å². The molecule has 0 aliphatic heterocycles. The van der Waals surface area contributed by atoms with Gasteiger partial charge in [-0.15, -0.1) is 0 Å². The molecule has 0 heterocycles. The van der Waals surface area contributed by atoms with Crippen molar-refractivity contribution in [1.29, 1.82) is 0 Å². The standard InChI is InChI=1S/C22H31N5O9S/c23-13(5-7-17(24)29)19(32)25-14(6-8-18(30)31)20(33)26-15(9-11-1-3-12(28)4-2-11)21(34)27-16(10-37)22(35)36/h1-4,13-16,28,37H,5-10,23H2,(H2,24,29)(H,25,32)(H,26,33)(H,27,34)(H,30,31)(H,35,36). The summed E-state index contributed by atoms with van der Waals surface area (Å²) in [4.78, 5) is 71.7. The van der Waals surface area contributed by atoms with Gasteiger partial charge in [-0.3, -0.25) is 24.0 Å². The molecule has 10 N–H and O–H groups in total. The SMILES string of the molecule is NC(=O)CCC(N)C(=O)NC(CCC(=O)O)C(=O)NC(Cc1ccc(O)cc1)C(=O)NC(CS)C(=O)O. The number of carboxylic acids is 2. The van der Waals surface area contributed by atoms with E-state index in [1.165, 1.54) is 24.3 Å². The van der Waals surface area contributed by atoms with E-state index >= 15 is 0 Å². The Labute approximate surface area is 217 Å². The van der Waals surface area contributed by atoms with Crippen LogP contribution in [0.4, 0.5) is 0 Å². The van der Waals surface area contributed by atoms with Crippen LogP contribution in [0.25, 0.3) is 0 Å². The lowest BCUT2D eigenvalue weighted by Gasteiger charge is -2.25. The van der Waals surface area contributed by atoms with Crippen molar-refractivity contribution in [2.24, 2.45) is 11.5 Å². The molecule has 0 saturated heterocycles. The molecule has 0 saturated carbocycles. The molecule has 1 aromatic carbocycles. The van der Waals surface area contributed by atoms with E-state index in [1.54, 1.807) is 0 Å². The van der Waals surface area contributed by atoms with Crippen LogP contribution >= 0.6 is 12.6 Å². The molecule has 204 valence electrons. The van der Waals surface area contributed by atoms with Gasteiger partial charge < -0.3 is 42.7 Å². The van der Waals surface area contributed by atoms with Gasteiger partial charge in [-0.25, -0.2) is 4.79 Å². The average molecular weight is 542 g/mol. The number of carboxylic acid groups (broad SMARTS) is 2. The molecule has 4 amide bonds. The van der Waals surface area contributed by atoms with Crippen molar-refractivity contribution in [1.82, 2.24) is 16.0 Å². The summed E-state index contributed by atoms with van der Waals surface area (Å²) in [7, 11) is 0. The summed E-state index contributed by atoms with van der Waals surface area (Å²) in [6.07, 6.45) is -1.29. The zero-order chi connectivity index (χ0) is 28.1. The third kappa shape index (κ3) is 11.6. The van der Waals surface area contributed by atoms with Crippen molar-refractivity contribution in [2.45, 2.75) is 56.3 Å². The maximum atomic E-state index is 13.0. The molecule has 0 radical (unpaired) electrons. The Morgan fingerprint density at radius 1 is 0.811 bits per heavy atom. The van der Waals surface area contributed by atoms with Crippen LogP contribution in [0.1, 0.15) is 31.2 Å². The Morgan fingerprint density at radius 3 is 1.86 bits per heavy atom. The van der Waals surface area contributed by atoms with Crippen LogP contribution in [0.2, 0.25) is 0 Å². The highest BCUT2D eigenvalue weighted by atomic mass is 32.1. The lowest BCUT2D eigenvalue weighted by atomic mass is 10.0. The van der Waals surface area contributed by atoms with Crippen molar-refractivity contribution in [3.63, 3.8) is 0 Å². The number of nitrogens with one attached hydrogen (secondary N) is 3. The largest absolute Gasteiger partial charge is 0.508 e. The van der Waals surface area contributed by atoms with Gasteiger partial charge in [0.1, 0.15) is 23.9 Å². The number of phenolic OH excluding ortho intramolecular Hbond substituents is 1. The number of aliphatic carboxylic acids is 2. The second kappa shape index (κ2) is 15.3. The van der Waals surface area contributed by atoms with E-state index in [-0.39, 0.29) is 37.2 Å². The minimum absolute atomic E-state index is 0.0427. The molecule has 0 aliphatic carbocycles. The number of primary amides is 1. The van der Waals surface area contributed by atoms with E-state index in [0.717, 1.165) is 0 Å². The quantitative estimate of drug-likeness (QED) is 0.103.